The molecule has 0 atom stereocenters. The minimum Gasteiger partial charge on any atom is -0.345 e. The maximum Gasteiger partial charge on any atom is 0.251 e. The molecule has 10 heteroatoms. The van der Waals surface area contributed by atoms with Crippen molar-refractivity contribution in [3.8, 4) is 0 Å². The van der Waals surface area contributed by atoms with Gasteiger partial charge in [0, 0.05) is 17.8 Å². The molecule has 2 amide bonds. The van der Waals surface area contributed by atoms with E-state index in [9.17, 15) is 9.59 Å². The SMILES string of the molecule is C=CCn1c(CNC(=O)c2ccc(Cl)c(Cl)c2)nnc1SCC(=O)Nc1cccc(C)c1. The largest absolute Gasteiger partial charge is 0.345 e. The molecular weight excluding hydrogens is 469 g/mol. The van der Waals surface area contributed by atoms with Gasteiger partial charge in [-0.25, -0.2) is 0 Å². The summed E-state index contributed by atoms with van der Waals surface area (Å²) in [6.45, 7) is 6.31. The molecule has 2 N–H and O–H groups in total. The van der Waals surface area contributed by atoms with Crippen molar-refractivity contribution in [3.63, 3.8) is 0 Å². The smallest absolute Gasteiger partial charge is 0.251 e. The lowest BCUT2D eigenvalue weighted by Crippen LogP contribution is -2.25. The van der Waals surface area contributed by atoms with Crippen molar-refractivity contribution in [3.05, 3.63) is 82.1 Å². The molecule has 0 saturated carbocycles. The number of halogens is 2. The highest BCUT2D eigenvalue weighted by Crippen LogP contribution is 2.23. The number of hydrogen-bond acceptors (Lipinski definition) is 5. The van der Waals surface area contributed by atoms with Crippen LogP contribution in [0.2, 0.25) is 10.0 Å². The average molecular weight is 490 g/mol. The number of carbonyl (C=O) groups is 2. The summed E-state index contributed by atoms with van der Waals surface area (Å²) in [5, 5.41) is 15.2. The van der Waals surface area contributed by atoms with Crippen LogP contribution in [0.25, 0.3) is 0 Å². The lowest BCUT2D eigenvalue weighted by Gasteiger charge is -2.09. The van der Waals surface area contributed by atoms with Crippen molar-refractivity contribution in [1.82, 2.24) is 20.1 Å². The Hall–Kier alpha value is -2.81. The summed E-state index contributed by atoms with van der Waals surface area (Å²) in [5.74, 6) is 0.241. The van der Waals surface area contributed by atoms with E-state index in [4.69, 9.17) is 23.2 Å². The highest BCUT2D eigenvalue weighted by molar-refractivity contribution is 7.99. The van der Waals surface area contributed by atoms with Crippen LogP contribution in [0, 0.1) is 6.92 Å². The average Bonchev–Trinajstić information content (AvgIpc) is 3.14. The van der Waals surface area contributed by atoms with Crippen molar-refractivity contribution < 1.29 is 9.59 Å². The number of amides is 2. The Bertz CT molecular complexity index is 1150. The van der Waals surface area contributed by atoms with Gasteiger partial charge in [-0.2, -0.15) is 0 Å². The molecule has 0 bridgehead atoms. The number of carbonyl (C=O) groups excluding carboxylic acids is 2. The van der Waals surface area contributed by atoms with Gasteiger partial charge in [0.2, 0.25) is 5.91 Å². The molecule has 0 radical (unpaired) electrons. The Morgan fingerprint density at radius 2 is 1.97 bits per heavy atom. The lowest BCUT2D eigenvalue weighted by molar-refractivity contribution is -0.113. The third-order valence-corrected chi connectivity index (χ3v) is 6.03. The maximum atomic E-state index is 12.4. The molecule has 0 spiro atoms. The topological polar surface area (TPSA) is 88.9 Å². The van der Waals surface area contributed by atoms with E-state index < -0.39 is 0 Å². The highest BCUT2D eigenvalue weighted by Gasteiger charge is 2.15. The van der Waals surface area contributed by atoms with E-state index in [1.165, 1.54) is 17.8 Å². The van der Waals surface area contributed by atoms with E-state index >= 15 is 0 Å². The fraction of sp³-hybridized carbons (Fsp3) is 0.182. The van der Waals surface area contributed by atoms with Crippen LogP contribution < -0.4 is 10.6 Å². The molecule has 166 valence electrons. The van der Waals surface area contributed by atoms with Crippen LogP contribution in [-0.2, 0) is 17.9 Å². The fourth-order valence-corrected chi connectivity index (χ4v) is 3.88. The van der Waals surface area contributed by atoms with E-state index in [1.807, 2.05) is 31.2 Å². The molecule has 7 nitrogen and oxygen atoms in total. The van der Waals surface area contributed by atoms with Gasteiger partial charge in [0.1, 0.15) is 0 Å². The molecule has 0 aliphatic carbocycles. The molecule has 1 aromatic heterocycles. The van der Waals surface area contributed by atoms with Crippen LogP contribution in [0.3, 0.4) is 0 Å². The summed E-state index contributed by atoms with van der Waals surface area (Å²) in [6.07, 6.45) is 1.70. The monoisotopic (exact) mass is 489 g/mol. The number of allylic oxidation sites excluding steroid dienone is 1. The Balaban J connectivity index is 1.61. The molecule has 3 aromatic rings. The quantitative estimate of drug-likeness (QED) is 0.334. The zero-order valence-corrected chi connectivity index (χ0v) is 19.6. The Labute approximate surface area is 200 Å². The van der Waals surface area contributed by atoms with Crippen LogP contribution in [0.15, 0.2) is 60.3 Å². The van der Waals surface area contributed by atoms with E-state index in [0.717, 1.165) is 11.3 Å². The van der Waals surface area contributed by atoms with Crippen LogP contribution in [0.4, 0.5) is 5.69 Å². The second kappa shape index (κ2) is 11.2. The normalized spacial score (nSPS) is 10.6. The van der Waals surface area contributed by atoms with Gasteiger partial charge in [0.05, 0.1) is 22.3 Å². The van der Waals surface area contributed by atoms with Gasteiger partial charge in [-0.3, -0.25) is 9.59 Å². The summed E-state index contributed by atoms with van der Waals surface area (Å²) in [4.78, 5) is 24.7. The second-order valence-electron chi connectivity index (χ2n) is 6.82. The molecular formula is C22H21Cl2N5O2S. The predicted octanol–water partition coefficient (Wildman–Crippen LogP) is 4.74. The predicted molar refractivity (Wildman–Crippen MR) is 128 cm³/mol. The Kier molecular flexibility index (Phi) is 8.33. The highest BCUT2D eigenvalue weighted by atomic mass is 35.5. The molecule has 0 saturated heterocycles. The number of nitrogens with zero attached hydrogens (tertiary/aromatic N) is 3. The summed E-state index contributed by atoms with van der Waals surface area (Å²) in [7, 11) is 0. The number of aryl methyl sites for hydroxylation is 1. The number of thioether (sulfide) groups is 1. The fourth-order valence-electron chi connectivity index (χ4n) is 2.82. The third-order valence-electron chi connectivity index (χ3n) is 4.33. The van der Waals surface area contributed by atoms with Gasteiger partial charge >= 0.3 is 0 Å². The zero-order valence-electron chi connectivity index (χ0n) is 17.3. The lowest BCUT2D eigenvalue weighted by atomic mass is 10.2. The van der Waals surface area contributed by atoms with E-state index in [-0.39, 0.29) is 24.1 Å². The first-order valence-corrected chi connectivity index (χ1v) is 11.4. The van der Waals surface area contributed by atoms with Gasteiger partial charge < -0.3 is 15.2 Å². The molecule has 2 aromatic carbocycles. The van der Waals surface area contributed by atoms with Gasteiger partial charge in [0.15, 0.2) is 11.0 Å². The molecule has 0 aliphatic rings. The Morgan fingerprint density at radius 3 is 2.69 bits per heavy atom. The van der Waals surface area contributed by atoms with Crippen molar-refractivity contribution >= 4 is 52.5 Å². The van der Waals surface area contributed by atoms with Crippen LogP contribution in [-0.4, -0.2) is 32.3 Å². The Morgan fingerprint density at radius 1 is 1.16 bits per heavy atom. The van der Waals surface area contributed by atoms with Crippen LogP contribution >= 0.6 is 35.0 Å². The van der Waals surface area contributed by atoms with Crippen molar-refractivity contribution in [2.45, 2.75) is 25.2 Å². The van der Waals surface area contributed by atoms with E-state index in [2.05, 4.69) is 27.4 Å². The first-order chi connectivity index (χ1) is 15.4. The minimum atomic E-state index is -0.316. The molecule has 3 rings (SSSR count). The number of aromatic nitrogens is 3. The molecule has 1 heterocycles. The molecule has 32 heavy (non-hydrogen) atoms. The number of nitrogens with one attached hydrogen (secondary N) is 2. The first-order valence-electron chi connectivity index (χ1n) is 9.63. The third kappa shape index (κ3) is 6.35. The number of anilines is 1. The van der Waals surface area contributed by atoms with Crippen molar-refractivity contribution in [2.24, 2.45) is 0 Å². The maximum absolute atomic E-state index is 12.4. The number of benzene rings is 2. The van der Waals surface area contributed by atoms with Gasteiger partial charge in [-0.1, -0.05) is 53.2 Å². The molecule has 0 aliphatic heterocycles. The summed E-state index contributed by atoms with van der Waals surface area (Å²) >= 11 is 13.1. The summed E-state index contributed by atoms with van der Waals surface area (Å²) < 4.78 is 1.80. The van der Waals surface area contributed by atoms with Crippen LogP contribution in [0.5, 0.6) is 0 Å². The van der Waals surface area contributed by atoms with Crippen molar-refractivity contribution in [1.29, 1.82) is 0 Å². The minimum absolute atomic E-state index is 0.149. The van der Waals surface area contributed by atoms with Crippen LogP contribution in [0.1, 0.15) is 21.7 Å². The van der Waals surface area contributed by atoms with Crippen molar-refractivity contribution in [2.75, 3.05) is 11.1 Å². The second-order valence-corrected chi connectivity index (χ2v) is 8.57. The van der Waals surface area contributed by atoms with Gasteiger partial charge in [-0.15, -0.1) is 16.8 Å². The first kappa shape index (κ1) is 23.8. The van der Waals surface area contributed by atoms with Gasteiger partial charge in [0.25, 0.3) is 5.91 Å². The molecule has 0 unspecified atom stereocenters. The summed E-state index contributed by atoms with van der Waals surface area (Å²) in [6, 6.07) is 12.2. The summed E-state index contributed by atoms with van der Waals surface area (Å²) in [5.41, 5.74) is 2.19. The van der Waals surface area contributed by atoms with Gasteiger partial charge in [-0.05, 0) is 42.8 Å². The number of rotatable bonds is 9. The number of hydrogen-bond donors (Lipinski definition) is 2. The molecule has 0 fully saturated rings. The van der Waals surface area contributed by atoms with E-state index in [1.54, 1.807) is 22.8 Å². The van der Waals surface area contributed by atoms with E-state index in [0.29, 0.717) is 33.1 Å². The zero-order chi connectivity index (χ0) is 23.1. The standard InChI is InChI=1S/C22H21Cl2N5O2S/c1-3-9-29-19(12-25-21(31)15-7-8-17(23)18(24)11-15)27-28-22(29)32-13-20(30)26-16-6-4-5-14(2)10-16/h3-8,10-11H,1,9,12-13H2,2H3,(H,25,31)(H,26,30).